The number of rotatable bonds is 7. The highest BCUT2D eigenvalue weighted by molar-refractivity contribution is 8.00. The molecule has 1 saturated heterocycles. The molecule has 0 aromatic heterocycles. The fourth-order valence-electron chi connectivity index (χ4n) is 4.35. The number of amides is 2. The van der Waals surface area contributed by atoms with E-state index in [4.69, 9.17) is 0 Å². The molecule has 0 radical (unpaired) electrons. The van der Waals surface area contributed by atoms with Gasteiger partial charge in [-0.15, -0.1) is 11.8 Å². The van der Waals surface area contributed by atoms with Crippen molar-refractivity contribution >= 4 is 23.6 Å². The third-order valence-electron chi connectivity index (χ3n) is 6.35. The van der Waals surface area contributed by atoms with Gasteiger partial charge in [0.1, 0.15) is 0 Å². The first kappa shape index (κ1) is 22.2. The molecule has 1 heterocycles. The zero-order valence-corrected chi connectivity index (χ0v) is 18.7. The van der Waals surface area contributed by atoms with E-state index in [1.165, 1.54) is 43.9 Å². The van der Waals surface area contributed by atoms with E-state index in [0.29, 0.717) is 17.2 Å². The van der Waals surface area contributed by atoms with E-state index in [0.717, 1.165) is 37.4 Å². The fourth-order valence-corrected chi connectivity index (χ4v) is 5.23. The van der Waals surface area contributed by atoms with Crippen LogP contribution in [0.15, 0.2) is 29.2 Å². The summed E-state index contributed by atoms with van der Waals surface area (Å²) in [6.07, 6.45) is 8.39. The first-order chi connectivity index (χ1) is 14.0. The molecule has 0 bridgehead atoms. The zero-order valence-electron chi connectivity index (χ0n) is 17.9. The van der Waals surface area contributed by atoms with Crippen LogP contribution in [0.3, 0.4) is 0 Å². The van der Waals surface area contributed by atoms with Crippen LogP contribution in [0.4, 0.5) is 0 Å². The number of carbonyl (C=O) groups excluding carboxylic acids is 2. The largest absolute Gasteiger partial charge is 0.355 e. The Bertz CT molecular complexity index is 682. The van der Waals surface area contributed by atoms with Crippen molar-refractivity contribution in [1.82, 2.24) is 15.1 Å². The van der Waals surface area contributed by atoms with Crippen LogP contribution in [0.2, 0.25) is 0 Å². The molecule has 6 heteroatoms. The molecule has 2 fully saturated rings. The second-order valence-electron chi connectivity index (χ2n) is 8.54. The molecule has 0 unspecified atom stereocenters. The predicted octanol–water partition coefficient (Wildman–Crippen LogP) is 3.64. The van der Waals surface area contributed by atoms with Gasteiger partial charge in [0.25, 0.3) is 5.91 Å². The average molecular weight is 418 g/mol. The summed E-state index contributed by atoms with van der Waals surface area (Å²) in [6.45, 7) is 2.85. The number of carbonyl (C=O) groups is 2. The Kier molecular flexibility index (Phi) is 8.42. The third kappa shape index (κ3) is 6.48. The van der Waals surface area contributed by atoms with Gasteiger partial charge in [-0.2, -0.15) is 0 Å². The Morgan fingerprint density at radius 3 is 2.52 bits per heavy atom. The molecule has 5 nitrogen and oxygen atoms in total. The summed E-state index contributed by atoms with van der Waals surface area (Å²) >= 11 is 1.47. The molecule has 1 aliphatic heterocycles. The Balaban J connectivity index is 1.52. The van der Waals surface area contributed by atoms with Crippen LogP contribution in [-0.2, 0) is 4.79 Å². The normalized spacial score (nSPS) is 19.1. The summed E-state index contributed by atoms with van der Waals surface area (Å²) in [5.41, 5.74) is 0.707. The smallest absolute Gasteiger partial charge is 0.254 e. The van der Waals surface area contributed by atoms with E-state index in [2.05, 4.69) is 17.3 Å². The van der Waals surface area contributed by atoms with Gasteiger partial charge in [-0.05, 0) is 63.9 Å². The molecule has 1 aromatic rings. The van der Waals surface area contributed by atoms with E-state index in [9.17, 15) is 9.59 Å². The van der Waals surface area contributed by atoms with Gasteiger partial charge in [-0.1, -0.05) is 31.4 Å². The maximum Gasteiger partial charge on any atom is 0.254 e. The van der Waals surface area contributed by atoms with Gasteiger partial charge in [0.15, 0.2) is 0 Å². The first-order valence-electron chi connectivity index (χ1n) is 11.0. The maximum absolute atomic E-state index is 13.1. The first-order valence-corrected chi connectivity index (χ1v) is 12.0. The van der Waals surface area contributed by atoms with Crippen LogP contribution in [0.25, 0.3) is 0 Å². The number of hydrogen-bond donors (Lipinski definition) is 1. The van der Waals surface area contributed by atoms with Crippen molar-refractivity contribution in [3.63, 3.8) is 0 Å². The molecular formula is C23H35N3O2S. The number of nitrogens with zero attached hydrogens (tertiary/aromatic N) is 2. The lowest BCUT2D eigenvalue weighted by atomic mass is 9.89. The molecule has 1 saturated carbocycles. The zero-order chi connectivity index (χ0) is 20.6. The molecule has 0 spiro atoms. The monoisotopic (exact) mass is 417 g/mol. The van der Waals surface area contributed by atoms with E-state index < -0.39 is 0 Å². The van der Waals surface area contributed by atoms with Crippen LogP contribution in [0.5, 0.6) is 0 Å². The van der Waals surface area contributed by atoms with Crippen molar-refractivity contribution in [2.45, 2.75) is 55.9 Å². The second kappa shape index (κ2) is 11.0. The molecule has 1 aromatic carbocycles. The molecule has 3 rings (SSSR count). The molecule has 2 amide bonds. The lowest BCUT2D eigenvalue weighted by Gasteiger charge is -2.35. The lowest BCUT2D eigenvalue weighted by molar-refractivity contribution is -0.118. The summed E-state index contributed by atoms with van der Waals surface area (Å²) in [5, 5.41) is 3.09. The van der Waals surface area contributed by atoms with Gasteiger partial charge in [0.2, 0.25) is 5.91 Å². The van der Waals surface area contributed by atoms with Gasteiger partial charge < -0.3 is 15.1 Å². The summed E-state index contributed by atoms with van der Waals surface area (Å²) in [7, 11) is 4.04. The Morgan fingerprint density at radius 1 is 1.10 bits per heavy atom. The number of piperidine rings is 1. The minimum Gasteiger partial charge on any atom is -0.355 e. The Morgan fingerprint density at radius 2 is 1.79 bits per heavy atom. The summed E-state index contributed by atoms with van der Waals surface area (Å²) < 4.78 is 0. The number of nitrogens with one attached hydrogen (secondary N) is 1. The van der Waals surface area contributed by atoms with Crippen LogP contribution in [0.1, 0.15) is 55.3 Å². The minimum atomic E-state index is 0.0604. The van der Waals surface area contributed by atoms with Gasteiger partial charge in [-0.25, -0.2) is 0 Å². The SMILES string of the molecule is CN1CCC(N(C)C(=O)c2ccccc2SCC(=O)NCC2CCCCC2)CC1. The number of benzene rings is 1. The van der Waals surface area contributed by atoms with E-state index in [1.54, 1.807) is 0 Å². The standard InChI is InChI=1S/C23H35N3O2S/c1-25-14-12-19(13-15-25)26(2)23(28)20-10-6-7-11-21(20)29-17-22(27)24-16-18-8-4-3-5-9-18/h6-7,10-11,18-19H,3-5,8-9,12-17H2,1-2H3,(H,24,27). The maximum atomic E-state index is 13.1. The topological polar surface area (TPSA) is 52.7 Å². The Hall–Kier alpha value is -1.53. The van der Waals surface area contributed by atoms with Crippen molar-refractivity contribution in [1.29, 1.82) is 0 Å². The van der Waals surface area contributed by atoms with Gasteiger partial charge in [-0.3, -0.25) is 9.59 Å². The third-order valence-corrected chi connectivity index (χ3v) is 7.42. The van der Waals surface area contributed by atoms with Gasteiger partial charge >= 0.3 is 0 Å². The number of hydrogen-bond acceptors (Lipinski definition) is 4. The summed E-state index contributed by atoms with van der Waals surface area (Å²) in [6, 6.07) is 7.97. The highest BCUT2D eigenvalue weighted by Gasteiger charge is 2.26. The molecule has 0 atom stereocenters. The van der Waals surface area contributed by atoms with Crippen molar-refractivity contribution < 1.29 is 9.59 Å². The van der Waals surface area contributed by atoms with Gasteiger partial charge in [0.05, 0.1) is 11.3 Å². The summed E-state index contributed by atoms with van der Waals surface area (Å²) in [4.78, 5) is 30.5. The van der Waals surface area contributed by atoms with E-state index in [1.807, 2.05) is 36.2 Å². The van der Waals surface area contributed by atoms with Crippen LogP contribution in [-0.4, -0.2) is 67.1 Å². The van der Waals surface area contributed by atoms with Crippen LogP contribution in [0, 0.1) is 5.92 Å². The number of thioether (sulfide) groups is 1. The lowest BCUT2D eigenvalue weighted by Crippen LogP contribution is -2.44. The highest BCUT2D eigenvalue weighted by atomic mass is 32.2. The Labute approximate surface area is 179 Å². The van der Waals surface area contributed by atoms with Crippen LogP contribution >= 0.6 is 11.8 Å². The quantitative estimate of drug-likeness (QED) is 0.688. The molecular weight excluding hydrogens is 382 g/mol. The fraction of sp³-hybridized carbons (Fsp3) is 0.652. The molecule has 1 aliphatic carbocycles. The van der Waals surface area contributed by atoms with E-state index >= 15 is 0 Å². The van der Waals surface area contributed by atoms with Gasteiger partial charge in [0, 0.05) is 24.5 Å². The molecule has 2 aliphatic rings. The average Bonchev–Trinajstić information content (AvgIpc) is 2.76. The molecule has 160 valence electrons. The van der Waals surface area contributed by atoms with Crippen molar-refractivity contribution in [2.24, 2.45) is 5.92 Å². The van der Waals surface area contributed by atoms with Crippen molar-refractivity contribution in [3.8, 4) is 0 Å². The number of likely N-dealkylation sites (tertiary alicyclic amines) is 1. The van der Waals surface area contributed by atoms with Crippen molar-refractivity contribution in [2.75, 3.05) is 39.5 Å². The minimum absolute atomic E-state index is 0.0604. The highest BCUT2D eigenvalue weighted by Crippen LogP contribution is 2.26. The molecule has 29 heavy (non-hydrogen) atoms. The summed E-state index contributed by atoms with van der Waals surface area (Å²) in [5.74, 6) is 1.11. The van der Waals surface area contributed by atoms with E-state index in [-0.39, 0.29) is 17.9 Å². The van der Waals surface area contributed by atoms with Crippen molar-refractivity contribution in [3.05, 3.63) is 29.8 Å². The second-order valence-corrected chi connectivity index (χ2v) is 9.56. The predicted molar refractivity (Wildman–Crippen MR) is 119 cm³/mol. The molecule has 1 N–H and O–H groups in total. The van der Waals surface area contributed by atoms with Crippen LogP contribution < -0.4 is 5.32 Å².